The van der Waals surface area contributed by atoms with Gasteiger partial charge < -0.3 is 4.90 Å². The van der Waals surface area contributed by atoms with E-state index >= 15 is 0 Å². The largest absolute Gasteiger partial charge is 0.367 e. The Hall–Kier alpha value is -0.850. The maximum Gasteiger partial charge on any atom is 0.214 e. The highest BCUT2D eigenvalue weighted by atomic mass is 35.5. The van der Waals surface area contributed by atoms with Gasteiger partial charge >= 0.3 is 0 Å². The molecule has 1 aliphatic rings. The van der Waals surface area contributed by atoms with E-state index in [1.165, 1.54) is 10.4 Å². The fraction of sp³-hybridized carbons (Fsp3) is 0.571. The molecule has 0 amide bonds. The van der Waals surface area contributed by atoms with Gasteiger partial charge in [0.05, 0.1) is 11.4 Å². The molecule has 7 heteroatoms. The van der Waals surface area contributed by atoms with Gasteiger partial charge in [-0.2, -0.15) is 4.31 Å². The Morgan fingerprint density at radius 1 is 1.10 bits per heavy atom. The van der Waals surface area contributed by atoms with E-state index < -0.39 is 10.0 Å². The third-order valence-electron chi connectivity index (χ3n) is 3.61. The van der Waals surface area contributed by atoms with Crippen LogP contribution in [0.2, 0.25) is 0 Å². The molecule has 1 aliphatic heterocycles. The van der Waals surface area contributed by atoms with Crippen LogP contribution in [-0.2, 0) is 10.0 Å². The van der Waals surface area contributed by atoms with Gasteiger partial charge in [-0.1, -0.05) is 12.1 Å². The molecule has 0 radical (unpaired) electrons. The van der Waals surface area contributed by atoms with Crippen molar-refractivity contribution in [3.05, 3.63) is 30.1 Å². The summed E-state index contributed by atoms with van der Waals surface area (Å²) in [6.45, 7) is 1.82. The number of nitrogens with zero attached hydrogens (tertiary/aromatic N) is 2. The molecule has 1 heterocycles. The number of unbranched alkanes of at least 4 members (excludes halogenated alkanes) is 1. The quantitative estimate of drug-likeness (QED) is 0.592. The minimum absolute atomic E-state index is 0.138. The van der Waals surface area contributed by atoms with Crippen LogP contribution in [0.5, 0.6) is 0 Å². The average Bonchev–Trinajstić information content (AvgIpc) is 2.48. The van der Waals surface area contributed by atoms with Crippen LogP contribution in [-0.4, -0.2) is 50.5 Å². The zero-order chi connectivity index (χ0) is 15.3. The maximum atomic E-state index is 13.7. The number of benzene rings is 1. The van der Waals surface area contributed by atoms with Crippen molar-refractivity contribution in [2.24, 2.45) is 0 Å². The molecule has 2 rings (SSSR count). The van der Waals surface area contributed by atoms with Gasteiger partial charge in [-0.25, -0.2) is 12.8 Å². The second-order valence-electron chi connectivity index (χ2n) is 5.05. The number of alkyl halides is 1. The Kier molecular flexibility index (Phi) is 5.84. The number of para-hydroxylation sites is 1. The lowest BCUT2D eigenvalue weighted by atomic mass is 10.2. The number of hydrogen-bond donors (Lipinski definition) is 0. The van der Waals surface area contributed by atoms with Crippen LogP contribution >= 0.6 is 11.6 Å². The lowest BCUT2D eigenvalue weighted by Crippen LogP contribution is -2.49. The van der Waals surface area contributed by atoms with Gasteiger partial charge in [-0.3, -0.25) is 0 Å². The topological polar surface area (TPSA) is 40.6 Å². The predicted molar refractivity (Wildman–Crippen MR) is 83.9 cm³/mol. The minimum Gasteiger partial charge on any atom is -0.367 e. The van der Waals surface area contributed by atoms with Gasteiger partial charge in [0.25, 0.3) is 0 Å². The highest BCUT2D eigenvalue weighted by Gasteiger charge is 2.27. The summed E-state index contributed by atoms with van der Waals surface area (Å²) >= 11 is 5.57. The highest BCUT2D eigenvalue weighted by molar-refractivity contribution is 7.89. The fourth-order valence-corrected chi connectivity index (χ4v) is 4.16. The molecule has 118 valence electrons. The molecule has 0 saturated carbocycles. The van der Waals surface area contributed by atoms with Crippen molar-refractivity contribution in [2.75, 3.05) is 42.7 Å². The van der Waals surface area contributed by atoms with E-state index in [4.69, 9.17) is 11.6 Å². The number of halogens is 2. The van der Waals surface area contributed by atoms with E-state index in [-0.39, 0.29) is 11.6 Å². The van der Waals surface area contributed by atoms with Gasteiger partial charge in [0, 0.05) is 32.1 Å². The van der Waals surface area contributed by atoms with Crippen LogP contribution in [0.3, 0.4) is 0 Å². The van der Waals surface area contributed by atoms with Crippen LogP contribution in [0.4, 0.5) is 10.1 Å². The maximum absolute atomic E-state index is 13.7. The van der Waals surface area contributed by atoms with Crippen LogP contribution in [0.15, 0.2) is 24.3 Å². The average molecular weight is 335 g/mol. The Morgan fingerprint density at radius 3 is 2.38 bits per heavy atom. The molecule has 1 aromatic carbocycles. The molecule has 0 N–H and O–H groups in total. The number of anilines is 1. The van der Waals surface area contributed by atoms with Gasteiger partial charge in [-0.15, -0.1) is 11.6 Å². The normalized spacial score (nSPS) is 17.1. The smallest absolute Gasteiger partial charge is 0.214 e. The van der Waals surface area contributed by atoms with Crippen molar-refractivity contribution in [2.45, 2.75) is 12.8 Å². The highest BCUT2D eigenvalue weighted by Crippen LogP contribution is 2.21. The van der Waals surface area contributed by atoms with Gasteiger partial charge in [-0.05, 0) is 25.0 Å². The summed E-state index contributed by atoms with van der Waals surface area (Å²) in [7, 11) is -3.22. The van der Waals surface area contributed by atoms with Crippen molar-refractivity contribution >= 4 is 27.3 Å². The molecular weight excluding hydrogens is 315 g/mol. The number of rotatable bonds is 6. The Bertz CT molecular complexity index is 560. The molecule has 0 aliphatic carbocycles. The zero-order valence-electron chi connectivity index (χ0n) is 11.8. The van der Waals surface area contributed by atoms with Crippen molar-refractivity contribution in [1.29, 1.82) is 0 Å². The summed E-state index contributed by atoms with van der Waals surface area (Å²) in [6, 6.07) is 6.58. The van der Waals surface area contributed by atoms with E-state index in [2.05, 4.69) is 0 Å². The lowest BCUT2D eigenvalue weighted by molar-refractivity contribution is 0.382. The second kappa shape index (κ2) is 7.42. The molecular formula is C14H20ClFN2O2S. The SMILES string of the molecule is O=S(=O)(CCCCCl)N1CCN(c2ccccc2F)CC1. The van der Waals surface area contributed by atoms with Crippen molar-refractivity contribution < 1.29 is 12.8 Å². The summed E-state index contributed by atoms with van der Waals surface area (Å²) in [6.07, 6.45) is 1.29. The molecule has 0 spiro atoms. The first-order chi connectivity index (χ1) is 10.0. The van der Waals surface area contributed by atoms with E-state index in [1.807, 2.05) is 4.90 Å². The number of piperazine rings is 1. The van der Waals surface area contributed by atoms with E-state index in [1.54, 1.807) is 18.2 Å². The predicted octanol–water partition coefficient (Wildman–Crippen LogP) is 2.30. The first-order valence-corrected chi connectivity index (χ1v) is 9.22. The summed E-state index contributed by atoms with van der Waals surface area (Å²) in [5.74, 6) is 0.353. The Labute approximate surface area is 130 Å². The van der Waals surface area contributed by atoms with Crippen LogP contribution < -0.4 is 4.90 Å². The monoisotopic (exact) mass is 334 g/mol. The second-order valence-corrected chi connectivity index (χ2v) is 7.52. The molecule has 1 saturated heterocycles. The van der Waals surface area contributed by atoms with Crippen molar-refractivity contribution in [3.63, 3.8) is 0 Å². The molecule has 0 atom stereocenters. The van der Waals surface area contributed by atoms with Gasteiger partial charge in [0.15, 0.2) is 0 Å². The summed E-state index contributed by atoms with van der Waals surface area (Å²) < 4.78 is 39.5. The van der Waals surface area contributed by atoms with Gasteiger partial charge in [0.2, 0.25) is 10.0 Å². The molecule has 0 unspecified atom stereocenters. The third kappa shape index (κ3) is 4.31. The molecule has 0 bridgehead atoms. The summed E-state index contributed by atoms with van der Waals surface area (Å²) in [5.41, 5.74) is 0.539. The minimum atomic E-state index is -3.22. The van der Waals surface area contributed by atoms with E-state index in [0.29, 0.717) is 50.6 Å². The standard InChI is InChI=1S/C14H20ClFN2O2S/c15-7-3-4-12-21(19,20)18-10-8-17(9-11-18)14-6-2-1-5-13(14)16/h1-2,5-6H,3-4,7-12H2. The molecule has 0 aromatic heterocycles. The number of hydrogen-bond acceptors (Lipinski definition) is 3. The zero-order valence-corrected chi connectivity index (χ0v) is 13.4. The first-order valence-electron chi connectivity index (χ1n) is 7.08. The van der Waals surface area contributed by atoms with E-state index in [0.717, 1.165) is 0 Å². The molecule has 21 heavy (non-hydrogen) atoms. The molecule has 4 nitrogen and oxygen atoms in total. The Morgan fingerprint density at radius 2 is 1.76 bits per heavy atom. The van der Waals surface area contributed by atoms with Crippen molar-refractivity contribution in [1.82, 2.24) is 4.31 Å². The first kappa shape index (κ1) is 16.5. The number of sulfonamides is 1. The van der Waals surface area contributed by atoms with E-state index in [9.17, 15) is 12.8 Å². The fourth-order valence-electron chi connectivity index (χ4n) is 2.42. The summed E-state index contributed by atoms with van der Waals surface area (Å²) in [5, 5.41) is 0. The van der Waals surface area contributed by atoms with Crippen LogP contribution in [0.25, 0.3) is 0 Å². The molecule has 1 aromatic rings. The van der Waals surface area contributed by atoms with Gasteiger partial charge in [0.1, 0.15) is 5.82 Å². The van der Waals surface area contributed by atoms with Crippen LogP contribution in [0.1, 0.15) is 12.8 Å². The Balaban J connectivity index is 1.93. The third-order valence-corrected chi connectivity index (χ3v) is 5.83. The molecule has 1 fully saturated rings. The van der Waals surface area contributed by atoms with Crippen LogP contribution in [0, 0.1) is 5.82 Å². The lowest BCUT2D eigenvalue weighted by Gasteiger charge is -2.35. The van der Waals surface area contributed by atoms with Crippen molar-refractivity contribution in [3.8, 4) is 0 Å². The summed E-state index contributed by atoms with van der Waals surface area (Å²) in [4.78, 5) is 1.89.